The number of anilines is 1. The highest BCUT2D eigenvalue weighted by molar-refractivity contribution is 6.30. The zero-order valence-electron chi connectivity index (χ0n) is 15.9. The molecule has 1 fully saturated rings. The minimum absolute atomic E-state index is 0.0601. The summed E-state index contributed by atoms with van der Waals surface area (Å²) in [5.74, 6) is -0.544. The minimum atomic E-state index is -0.484. The molecule has 6 nitrogen and oxygen atoms in total. The molecule has 0 aliphatic carbocycles. The molecule has 1 aliphatic rings. The highest BCUT2D eigenvalue weighted by Crippen LogP contribution is 2.16. The molecule has 0 spiro atoms. The van der Waals surface area contributed by atoms with Crippen LogP contribution in [-0.4, -0.2) is 53.8 Å². The van der Waals surface area contributed by atoms with Crippen LogP contribution < -0.4 is 11.1 Å². The van der Waals surface area contributed by atoms with Gasteiger partial charge < -0.3 is 11.1 Å². The number of benzene rings is 2. The number of halogens is 1. The number of carbonyl (C=O) groups is 2. The van der Waals surface area contributed by atoms with E-state index >= 15 is 0 Å². The van der Waals surface area contributed by atoms with Crippen LogP contribution >= 0.6 is 11.6 Å². The van der Waals surface area contributed by atoms with Gasteiger partial charge in [-0.2, -0.15) is 0 Å². The van der Waals surface area contributed by atoms with E-state index in [0.717, 1.165) is 37.7 Å². The first-order valence-corrected chi connectivity index (χ1v) is 9.72. The summed E-state index contributed by atoms with van der Waals surface area (Å²) < 4.78 is 0. The van der Waals surface area contributed by atoms with Crippen LogP contribution in [0.1, 0.15) is 22.8 Å². The van der Waals surface area contributed by atoms with E-state index in [0.29, 0.717) is 11.3 Å². The monoisotopic (exact) mass is 400 g/mol. The highest BCUT2D eigenvalue weighted by atomic mass is 35.5. The van der Waals surface area contributed by atoms with Crippen molar-refractivity contribution >= 4 is 29.1 Å². The number of nitrogens with two attached hydrogens (primary N) is 1. The third kappa shape index (κ3) is 5.32. The zero-order valence-corrected chi connectivity index (χ0v) is 16.7. The Labute approximate surface area is 170 Å². The average molecular weight is 401 g/mol. The van der Waals surface area contributed by atoms with Crippen LogP contribution in [0.5, 0.6) is 0 Å². The Kier molecular flexibility index (Phi) is 6.67. The molecule has 0 bridgehead atoms. The Morgan fingerprint density at radius 3 is 2.39 bits per heavy atom. The molecule has 28 heavy (non-hydrogen) atoms. The number of carbonyl (C=O) groups excluding carboxylic acids is 2. The van der Waals surface area contributed by atoms with Crippen molar-refractivity contribution < 1.29 is 9.59 Å². The van der Waals surface area contributed by atoms with Crippen molar-refractivity contribution in [1.29, 1.82) is 0 Å². The second kappa shape index (κ2) is 9.19. The molecule has 1 heterocycles. The maximum Gasteiger partial charge on any atom is 0.248 e. The number of nitrogens with zero attached hydrogens (tertiary/aromatic N) is 2. The molecular formula is C21H25ClN4O2. The number of hydrogen-bond acceptors (Lipinski definition) is 4. The van der Waals surface area contributed by atoms with Gasteiger partial charge in [0.25, 0.3) is 0 Å². The molecule has 1 atom stereocenters. The molecule has 3 N–H and O–H groups in total. The van der Waals surface area contributed by atoms with Crippen molar-refractivity contribution in [2.24, 2.45) is 5.73 Å². The number of hydrogen-bond donors (Lipinski definition) is 2. The second-order valence-corrected chi connectivity index (χ2v) is 7.49. The number of primary amides is 1. The van der Waals surface area contributed by atoms with Gasteiger partial charge in [0.2, 0.25) is 11.8 Å². The maximum absolute atomic E-state index is 12.6. The first-order chi connectivity index (χ1) is 13.4. The van der Waals surface area contributed by atoms with E-state index in [1.165, 1.54) is 5.56 Å². The molecule has 0 radical (unpaired) electrons. The van der Waals surface area contributed by atoms with E-state index in [1.54, 1.807) is 24.3 Å². The standard InChI is InChI=1S/C21H25ClN4O2/c1-15(21(28)24-19-7-5-17(6-8-19)20(23)27)26-11-9-25(10-12-26)14-16-3-2-4-18(22)13-16/h2-8,13,15H,9-12,14H2,1H3,(H2,23,27)(H,24,28). The summed E-state index contributed by atoms with van der Waals surface area (Å²) in [5, 5.41) is 3.66. The van der Waals surface area contributed by atoms with Crippen molar-refractivity contribution in [3.8, 4) is 0 Å². The van der Waals surface area contributed by atoms with Crippen LogP contribution in [0.4, 0.5) is 5.69 Å². The largest absolute Gasteiger partial charge is 0.366 e. The second-order valence-electron chi connectivity index (χ2n) is 7.05. The van der Waals surface area contributed by atoms with Crippen molar-refractivity contribution in [1.82, 2.24) is 9.80 Å². The van der Waals surface area contributed by atoms with Crippen molar-refractivity contribution in [3.05, 3.63) is 64.7 Å². The summed E-state index contributed by atoms with van der Waals surface area (Å²) in [4.78, 5) is 28.2. The van der Waals surface area contributed by atoms with E-state index in [-0.39, 0.29) is 11.9 Å². The van der Waals surface area contributed by atoms with E-state index in [4.69, 9.17) is 17.3 Å². The Hall–Kier alpha value is -2.41. The van der Waals surface area contributed by atoms with E-state index in [1.807, 2.05) is 25.1 Å². The third-order valence-electron chi connectivity index (χ3n) is 5.07. The number of piperazine rings is 1. The normalized spacial score (nSPS) is 16.5. The first-order valence-electron chi connectivity index (χ1n) is 9.34. The van der Waals surface area contributed by atoms with Gasteiger partial charge in [0.15, 0.2) is 0 Å². The predicted octanol–water partition coefficient (Wildman–Crippen LogP) is 2.58. The lowest BCUT2D eigenvalue weighted by Crippen LogP contribution is -2.52. The van der Waals surface area contributed by atoms with Gasteiger partial charge in [-0.25, -0.2) is 0 Å². The average Bonchev–Trinajstić information content (AvgIpc) is 2.68. The summed E-state index contributed by atoms with van der Waals surface area (Å²) >= 11 is 6.06. The van der Waals surface area contributed by atoms with Gasteiger partial charge in [-0.15, -0.1) is 0 Å². The van der Waals surface area contributed by atoms with Gasteiger partial charge in [-0.3, -0.25) is 19.4 Å². The SMILES string of the molecule is CC(C(=O)Nc1ccc(C(N)=O)cc1)N1CCN(Cc2cccc(Cl)c2)CC1. The Balaban J connectivity index is 1.49. The molecule has 1 aliphatic heterocycles. The van der Waals surface area contributed by atoms with Crippen LogP contribution in [0.2, 0.25) is 5.02 Å². The molecule has 148 valence electrons. The fourth-order valence-corrected chi connectivity index (χ4v) is 3.55. The zero-order chi connectivity index (χ0) is 20.1. The molecule has 0 aromatic heterocycles. The third-order valence-corrected chi connectivity index (χ3v) is 5.30. The molecule has 1 unspecified atom stereocenters. The molecule has 1 saturated heterocycles. The lowest BCUT2D eigenvalue weighted by molar-refractivity contribution is -0.121. The fraction of sp³-hybridized carbons (Fsp3) is 0.333. The highest BCUT2D eigenvalue weighted by Gasteiger charge is 2.25. The molecular weight excluding hydrogens is 376 g/mol. The molecule has 7 heteroatoms. The Bertz CT molecular complexity index is 833. The van der Waals surface area contributed by atoms with Crippen molar-refractivity contribution in [3.63, 3.8) is 0 Å². The Morgan fingerprint density at radius 1 is 1.11 bits per heavy atom. The predicted molar refractivity (Wildman–Crippen MR) is 111 cm³/mol. The van der Waals surface area contributed by atoms with Crippen LogP contribution in [0.15, 0.2) is 48.5 Å². The van der Waals surface area contributed by atoms with E-state index < -0.39 is 5.91 Å². The van der Waals surface area contributed by atoms with Crippen molar-refractivity contribution in [2.45, 2.75) is 19.5 Å². The van der Waals surface area contributed by atoms with E-state index in [9.17, 15) is 9.59 Å². The summed E-state index contributed by atoms with van der Waals surface area (Å²) in [6.07, 6.45) is 0. The van der Waals surface area contributed by atoms with Gasteiger partial charge in [0.1, 0.15) is 0 Å². The number of rotatable bonds is 6. The quantitative estimate of drug-likeness (QED) is 0.781. The molecule has 2 amide bonds. The van der Waals surface area contributed by atoms with Gasteiger partial charge >= 0.3 is 0 Å². The van der Waals surface area contributed by atoms with Crippen LogP contribution in [0, 0.1) is 0 Å². The van der Waals surface area contributed by atoms with Crippen LogP contribution in [0.3, 0.4) is 0 Å². The summed E-state index contributed by atoms with van der Waals surface area (Å²) in [5.41, 5.74) is 7.51. The number of nitrogens with one attached hydrogen (secondary N) is 1. The first kappa shape index (κ1) is 20.3. The molecule has 2 aromatic rings. The smallest absolute Gasteiger partial charge is 0.248 e. The van der Waals surface area contributed by atoms with Gasteiger partial charge in [0.05, 0.1) is 6.04 Å². The summed E-state index contributed by atoms with van der Waals surface area (Å²) in [6.45, 7) is 6.24. The van der Waals surface area contributed by atoms with Gasteiger partial charge in [0, 0.05) is 49.0 Å². The lowest BCUT2D eigenvalue weighted by atomic mass is 10.1. The molecule has 2 aromatic carbocycles. The molecule has 0 saturated carbocycles. The number of amides is 2. The molecule has 3 rings (SSSR count). The van der Waals surface area contributed by atoms with Crippen LogP contribution in [-0.2, 0) is 11.3 Å². The van der Waals surface area contributed by atoms with Gasteiger partial charge in [-0.1, -0.05) is 23.7 Å². The minimum Gasteiger partial charge on any atom is -0.366 e. The topological polar surface area (TPSA) is 78.7 Å². The fourth-order valence-electron chi connectivity index (χ4n) is 3.33. The lowest BCUT2D eigenvalue weighted by Gasteiger charge is -2.37. The van der Waals surface area contributed by atoms with Crippen molar-refractivity contribution in [2.75, 3.05) is 31.5 Å². The summed E-state index contributed by atoms with van der Waals surface area (Å²) in [7, 11) is 0. The maximum atomic E-state index is 12.6. The van der Waals surface area contributed by atoms with Crippen LogP contribution in [0.25, 0.3) is 0 Å². The Morgan fingerprint density at radius 2 is 1.79 bits per heavy atom. The van der Waals surface area contributed by atoms with E-state index in [2.05, 4.69) is 21.2 Å². The summed E-state index contributed by atoms with van der Waals surface area (Å²) in [6, 6.07) is 14.3. The van der Waals surface area contributed by atoms with Gasteiger partial charge in [-0.05, 0) is 48.9 Å².